The van der Waals surface area contributed by atoms with Gasteiger partial charge in [0.05, 0.1) is 12.2 Å². The van der Waals surface area contributed by atoms with Crippen molar-refractivity contribution in [3.05, 3.63) is 11.4 Å². The molecule has 19 heavy (non-hydrogen) atoms. The van der Waals surface area contributed by atoms with Crippen molar-refractivity contribution in [3.63, 3.8) is 0 Å². The lowest BCUT2D eigenvalue weighted by molar-refractivity contribution is -0.119. The van der Waals surface area contributed by atoms with Crippen LogP contribution >= 0.6 is 0 Å². The van der Waals surface area contributed by atoms with Gasteiger partial charge in [-0.1, -0.05) is 5.21 Å². The van der Waals surface area contributed by atoms with Gasteiger partial charge in [-0.3, -0.25) is 4.79 Å². The molecule has 0 saturated heterocycles. The second-order valence-electron chi connectivity index (χ2n) is 5.23. The van der Waals surface area contributed by atoms with Crippen molar-refractivity contribution >= 4 is 11.9 Å². The Morgan fingerprint density at radius 1 is 1.37 bits per heavy atom. The van der Waals surface area contributed by atoms with E-state index >= 15 is 0 Å². The third-order valence-corrected chi connectivity index (χ3v) is 2.27. The molecule has 1 aromatic heterocycles. The summed E-state index contributed by atoms with van der Waals surface area (Å²) in [5.74, 6) is -0.596. The maximum atomic E-state index is 11.9. The minimum absolute atomic E-state index is 0.106. The van der Waals surface area contributed by atoms with E-state index in [2.05, 4.69) is 15.6 Å². The molecule has 0 spiro atoms. The van der Waals surface area contributed by atoms with E-state index < -0.39 is 11.6 Å². The van der Waals surface area contributed by atoms with Crippen LogP contribution in [0.5, 0.6) is 0 Å². The zero-order valence-corrected chi connectivity index (χ0v) is 12.0. The predicted molar refractivity (Wildman–Crippen MR) is 68.6 cm³/mol. The molecule has 1 heterocycles. The molecular formula is C12H20N4O3. The molecule has 0 atom stereocenters. The van der Waals surface area contributed by atoms with Gasteiger partial charge in [0.2, 0.25) is 5.91 Å². The first-order valence-electron chi connectivity index (χ1n) is 6.08. The Morgan fingerprint density at radius 2 is 2.00 bits per heavy atom. The SMILES string of the molecule is CC(=O)NCCn1nnc(C(=O)OC(C)(C)C)c1C. The minimum Gasteiger partial charge on any atom is -0.455 e. The average molecular weight is 268 g/mol. The lowest BCUT2D eigenvalue weighted by Gasteiger charge is -2.18. The van der Waals surface area contributed by atoms with Gasteiger partial charge >= 0.3 is 5.97 Å². The van der Waals surface area contributed by atoms with E-state index in [1.165, 1.54) is 6.92 Å². The molecule has 1 N–H and O–H groups in total. The predicted octanol–water partition coefficient (Wildman–Crippen LogP) is 0.678. The van der Waals surface area contributed by atoms with Gasteiger partial charge in [-0.05, 0) is 27.7 Å². The van der Waals surface area contributed by atoms with Gasteiger partial charge in [0, 0.05) is 13.5 Å². The summed E-state index contributed by atoms with van der Waals surface area (Å²) in [5, 5.41) is 10.4. The molecule has 0 radical (unpaired) electrons. The van der Waals surface area contributed by atoms with Gasteiger partial charge in [-0.15, -0.1) is 5.10 Å². The Hall–Kier alpha value is -1.92. The van der Waals surface area contributed by atoms with E-state index in [-0.39, 0.29) is 11.6 Å². The summed E-state index contributed by atoms with van der Waals surface area (Å²) in [7, 11) is 0. The highest BCUT2D eigenvalue weighted by Crippen LogP contribution is 2.12. The number of amides is 1. The number of esters is 1. The maximum absolute atomic E-state index is 11.9. The van der Waals surface area contributed by atoms with Crippen molar-refractivity contribution in [1.82, 2.24) is 20.3 Å². The second-order valence-corrected chi connectivity index (χ2v) is 5.23. The smallest absolute Gasteiger partial charge is 0.361 e. The molecule has 0 saturated carbocycles. The van der Waals surface area contributed by atoms with E-state index in [4.69, 9.17) is 4.74 Å². The summed E-state index contributed by atoms with van der Waals surface area (Å²) in [4.78, 5) is 22.6. The van der Waals surface area contributed by atoms with Crippen molar-refractivity contribution in [2.24, 2.45) is 0 Å². The molecule has 0 unspecified atom stereocenters. The van der Waals surface area contributed by atoms with Gasteiger partial charge in [0.15, 0.2) is 5.69 Å². The lowest BCUT2D eigenvalue weighted by atomic mass is 10.2. The molecule has 1 aromatic rings. The number of hydrogen-bond acceptors (Lipinski definition) is 5. The van der Waals surface area contributed by atoms with Crippen molar-refractivity contribution in [3.8, 4) is 0 Å². The highest BCUT2D eigenvalue weighted by Gasteiger charge is 2.23. The van der Waals surface area contributed by atoms with E-state index in [1.807, 2.05) is 0 Å². The van der Waals surface area contributed by atoms with Gasteiger partial charge < -0.3 is 10.1 Å². The van der Waals surface area contributed by atoms with Crippen LogP contribution in [0, 0.1) is 6.92 Å². The van der Waals surface area contributed by atoms with Gasteiger partial charge in [-0.25, -0.2) is 9.48 Å². The fourth-order valence-corrected chi connectivity index (χ4v) is 1.43. The van der Waals surface area contributed by atoms with Crippen LogP contribution in [-0.4, -0.2) is 39.0 Å². The van der Waals surface area contributed by atoms with Crippen molar-refractivity contribution in [2.75, 3.05) is 6.54 Å². The zero-order chi connectivity index (χ0) is 14.6. The first-order valence-corrected chi connectivity index (χ1v) is 6.08. The number of hydrogen-bond donors (Lipinski definition) is 1. The molecule has 0 aliphatic carbocycles. The highest BCUT2D eigenvalue weighted by molar-refractivity contribution is 5.88. The molecule has 0 aromatic carbocycles. The largest absolute Gasteiger partial charge is 0.455 e. The summed E-state index contributed by atoms with van der Waals surface area (Å²) in [6, 6.07) is 0. The lowest BCUT2D eigenvalue weighted by Crippen LogP contribution is -2.26. The van der Waals surface area contributed by atoms with Crippen molar-refractivity contribution in [2.45, 2.75) is 46.8 Å². The maximum Gasteiger partial charge on any atom is 0.361 e. The summed E-state index contributed by atoms with van der Waals surface area (Å²) < 4.78 is 6.80. The zero-order valence-electron chi connectivity index (χ0n) is 12.0. The Kier molecular flexibility index (Phi) is 4.63. The molecule has 1 amide bonds. The number of carbonyl (C=O) groups is 2. The molecule has 7 nitrogen and oxygen atoms in total. The number of ether oxygens (including phenoxy) is 1. The topological polar surface area (TPSA) is 86.1 Å². The molecule has 7 heteroatoms. The van der Waals surface area contributed by atoms with Crippen molar-refractivity contribution < 1.29 is 14.3 Å². The van der Waals surface area contributed by atoms with Crippen LogP contribution in [0.3, 0.4) is 0 Å². The van der Waals surface area contributed by atoms with E-state index in [0.29, 0.717) is 18.8 Å². The molecule has 0 fully saturated rings. The number of nitrogens with one attached hydrogen (secondary N) is 1. The summed E-state index contributed by atoms with van der Waals surface area (Å²) in [6.07, 6.45) is 0. The Balaban J connectivity index is 2.70. The Labute approximate surface area is 112 Å². The standard InChI is InChI=1S/C12H20N4O3/c1-8-10(11(18)19-12(3,4)5)14-15-16(8)7-6-13-9(2)17/h6-7H2,1-5H3,(H,13,17). The second kappa shape index (κ2) is 5.81. The van der Waals surface area contributed by atoms with Crippen LogP contribution in [0.2, 0.25) is 0 Å². The number of rotatable bonds is 4. The first kappa shape index (κ1) is 15.1. The summed E-state index contributed by atoms with van der Waals surface area (Å²) in [6.45, 7) is 9.46. The Morgan fingerprint density at radius 3 is 2.53 bits per heavy atom. The average Bonchev–Trinajstić information content (AvgIpc) is 2.57. The van der Waals surface area contributed by atoms with Crippen LogP contribution in [-0.2, 0) is 16.1 Å². The van der Waals surface area contributed by atoms with Crippen LogP contribution in [0.25, 0.3) is 0 Å². The molecule has 0 aliphatic heterocycles. The third-order valence-electron chi connectivity index (χ3n) is 2.27. The number of aromatic nitrogens is 3. The fourth-order valence-electron chi connectivity index (χ4n) is 1.43. The Bertz CT molecular complexity index is 474. The van der Waals surface area contributed by atoms with Gasteiger partial charge in [0.25, 0.3) is 0 Å². The fraction of sp³-hybridized carbons (Fsp3) is 0.667. The summed E-state index contributed by atoms with van der Waals surface area (Å²) >= 11 is 0. The minimum atomic E-state index is -0.566. The molecule has 0 bridgehead atoms. The quantitative estimate of drug-likeness (QED) is 0.811. The van der Waals surface area contributed by atoms with E-state index in [1.54, 1.807) is 32.4 Å². The van der Waals surface area contributed by atoms with Crippen LogP contribution in [0.4, 0.5) is 0 Å². The van der Waals surface area contributed by atoms with Crippen LogP contribution < -0.4 is 5.32 Å². The summed E-state index contributed by atoms with van der Waals surface area (Å²) in [5.41, 5.74) is 0.265. The normalized spacial score (nSPS) is 11.2. The number of nitrogens with zero attached hydrogens (tertiary/aromatic N) is 3. The molecule has 1 rings (SSSR count). The van der Waals surface area contributed by atoms with Gasteiger partial charge in [0.1, 0.15) is 5.60 Å². The van der Waals surface area contributed by atoms with Crippen LogP contribution in [0.15, 0.2) is 0 Å². The highest BCUT2D eigenvalue weighted by atomic mass is 16.6. The third kappa shape index (κ3) is 4.69. The van der Waals surface area contributed by atoms with Crippen LogP contribution in [0.1, 0.15) is 43.9 Å². The molecule has 0 aliphatic rings. The molecule has 106 valence electrons. The molecular weight excluding hydrogens is 248 g/mol. The van der Waals surface area contributed by atoms with E-state index in [0.717, 1.165) is 0 Å². The van der Waals surface area contributed by atoms with Crippen molar-refractivity contribution in [1.29, 1.82) is 0 Å². The number of carbonyl (C=O) groups excluding carboxylic acids is 2. The first-order chi connectivity index (χ1) is 8.70. The monoisotopic (exact) mass is 268 g/mol. The van der Waals surface area contributed by atoms with E-state index in [9.17, 15) is 9.59 Å². The van der Waals surface area contributed by atoms with Gasteiger partial charge in [-0.2, -0.15) is 0 Å².